The van der Waals surface area contributed by atoms with Crippen molar-refractivity contribution in [1.29, 1.82) is 0 Å². The summed E-state index contributed by atoms with van der Waals surface area (Å²) in [4.78, 5) is 19.9. The van der Waals surface area contributed by atoms with E-state index >= 15 is 0 Å². The minimum absolute atomic E-state index is 0.184. The highest BCUT2D eigenvalue weighted by Gasteiger charge is 2.21. The molecular formula is C29H36FN5O3. The fourth-order valence-corrected chi connectivity index (χ4v) is 4.62. The molecule has 2 heterocycles. The summed E-state index contributed by atoms with van der Waals surface area (Å²) >= 11 is 0. The monoisotopic (exact) mass is 521 g/mol. The summed E-state index contributed by atoms with van der Waals surface area (Å²) < 4.78 is 27.1. The Morgan fingerprint density at radius 3 is 2.71 bits per heavy atom. The lowest BCUT2D eigenvalue weighted by molar-refractivity contribution is -0.118. The summed E-state index contributed by atoms with van der Waals surface area (Å²) in [6.45, 7) is 6.85. The number of nitrogens with zero attached hydrogens (tertiary/aromatic N) is 3. The van der Waals surface area contributed by atoms with E-state index in [0.29, 0.717) is 57.0 Å². The molecule has 0 radical (unpaired) electrons. The number of methoxy groups -OCH3 is 1. The summed E-state index contributed by atoms with van der Waals surface area (Å²) in [5, 5.41) is 3.12. The fourth-order valence-electron chi connectivity index (χ4n) is 4.62. The summed E-state index contributed by atoms with van der Waals surface area (Å²) in [5.74, 6) is 0.182. The number of benzene rings is 2. The highest BCUT2D eigenvalue weighted by Crippen LogP contribution is 2.29. The van der Waals surface area contributed by atoms with Gasteiger partial charge in [-0.25, -0.2) is 9.37 Å². The molecule has 3 N–H and O–H groups in total. The van der Waals surface area contributed by atoms with Gasteiger partial charge in [0, 0.05) is 30.5 Å². The Hall–Kier alpha value is -3.69. The molecule has 1 aromatic heterocycles. The van der Waals surface area contributed by atoms with Crippen LogP contribution in [0.5, 0.6) is 5.75 Å². The van der Waals surface area contributed by atoms with Crippen LogP contribution in [-0.2, 0) is 9.53 Å². The van der Waals surface area contributed by atoms with Crippen molar-refractivity contribution < 1.29 is 18.7 Å². The number of aryl methyl sites for hydroxylation is 1. The number of nitrogens with two attached hydrogens (primary N) is 1. The second kappa shape index (κ2) is 12.7. The van der Waals surface area contributed by atoms with Crippen molar-refractivity contribution in [3.8, 4) is 11.4 Å². The summed E-state index contributed by atoms with van der Waals surface area (Å²) in [6, 6.07) is 10.2. The third-order valence-electron chi connectivity index (χ3n) is 6.63. The SMILES string of the molecule is COc1cc(/C=C(\CCCN)C(=O)NC(C)c2ccc(F)cc2N2CCOCC2)ccc1-n1cnc(C)c1. The van der Waals surface area contributed by atoms with E-state index in [4.69, 9.17) is 15.2 Å². The first-order valence-electron chi connectivity index (χ1n) is 12.9. The van der Waals surface area contributed by atoms with Gasteiger partial charge in [0.05, 0.1) is 44.1 Å². The second-order valence-electron chi connectivity index (χ2n) is 9.41. The van der Waals surface area contributed by atoms with Crippen LogP contribution in [-0.4, -0.2) is 55.4 Å². The molecule has 0 spiro atoms. The van der Waals surface area contributed by atoms with Gasteiger partial charge in [0.25, 0.3) is 0 Å². The molecule has 0 saturated carbocycles. The van der Waals surface area contributed by atoms with Gasteiger partial charge in [0.1, 0.15) is 11.6 Å². The molecule has 0 bridgehead atoms. The number of nitrogens with one attached hydrogen (secondary N) is 1. The number of hydrogen-bond donors (Lipinski definition) is 2. The normalized spacial score (nSPS) is 14.9. The highest BCUT2D eigenvalue weighted by molar-refractivity contribution is 5.98. The first kappa shape index (κ1) is 27.3. The van der Waals surface area contributed by atoms with E-state index in [-0.39, 0.29) is 17.8 Å². The van der Waals surface area contributed by atoms with Crippen molar-refractivity contribution in [3.05, 3.63) is 77.1 Å². The van der Waals surface area contributed by atoms with Gasteiger partial charge in [-0.05, 0) is 74.7 Å². The van der Waals surface area contributed by atoms with E-state index in [1.807, 2.05) is 48.9 Å². The molecule has 9 heteroatoms. The van der Waals surface area contributed by atoms with Crippen LogP contribution in [0.15, 0.2) is 54.5 Å². The fraction of sp³-hybridized carbons (Fsp3) is 0.379. The Bertz CT molecular complexity index is 1280. The number of morpholine rings is 1. The summed E-state index contributed by atoms with van der Waals surface area (Å²) in [7, 11) is 1.62. The van der Waals surface area contributed by atoms with Gasteiger partial charge < -0.3 is 30.0 Å². The van der Waals surface area contributed by atoms with Gasteiger partial charge >= 0.3 is 0 Å². The Morgan fingerprint density at radius 1 is 1.24 bits per heavy atom. The topological polar surface area (TPSA) is 94.6 Å². The summed E-state index contributed by atoms with van der Waals surface area (Å²) in [6.07, 6.45) is 6.74. The lowest BCUT2D eigenvalue weighted by Gasteiger charge is -2.32. The van der Waals surface area contributed by atoms with Crippen LogP contribution in [0.1, 0.15) is 42.6 Å². The van der Waals surface area contributed by atoms with Crippen molar-refractivity contribution in [2.24, 2.45) is 5.73 Å². The molecule has 202 valence electrons. The average molecular weight is 522 g/mol. The number of carbonyl (C=O) groups is 1. The van der Waals surface area contributed by atoms with Crippen LogP contribution in [0.2, 0.25) is 0 Å². The van der Waals surface area contributed by atoms with Crippen molar-refractivity contribution >= 4 is 17.7 Å². The van der Waals surface area contributed by atoms with Crippen molar-refractivity contribution in [3.63, 3.8) is 0 Å². The maximum Gasteiger partial charge on any atom is 0.247 e. The Labute approximate surface area is 223 Å². The van der Waals surface area contributed by atoms with E-state index < -0.39 is 0 Å². The van der Waals surface area contributed by atoms with Crippen LogP contribution in [0.4, 0.5) is 10.1 Å². The number of anilines is 1. The van der Waals surface area contributed by atoms with E-state index in [2.05, 4.69) is 15.2 Å². The van der Waals surface area contributed by atoms with Gasteiger partial charge in [0.15, 0.2) is 0 Å². The molecule has 2 aromatic carbocycles. The molecule has 1 aliphatic heterocycles. The molecule has 1 fully saturated rings. The number of rotatable bonds is 10. The number of imidazole rings is 1. The second-order valence-corrected chi connectivity index (χ2v) is 9.41. The lowest BCUT2D eigenvalue weighted by Crippen LogP contribution is -2.38. The molecular weight excluding hydrogens is 485 g/mol. The van der Waals surface area contributed by atoms with Crippen molar-refractivity contribution in [2.75, 3.05) is 44.9 Å². The van der Waals surface area contributed by atoms with Gasteiger partial charge in [-0.1, -0.05) is 12.1 Å². The molecule has 3 aromatic rings. The third kappa shape index (κ3) is 6.59. The van der Waals surface area contributed by atoms with Crippen LogP contribution >= 0.6 is 0 Å². The minimum Gasteiger partial charge on any atom is -0.495 e. The molecule has 38 heavy (non-hydrogen) atoms. The van der Waals surface area contributed by atoms with Crippen LogP contribution in [0.25, 0.3) is 11.8 Å². The van der Waals surface area contributed by atoms with Crippen molar-refractivity contribution in [2.45, 2.75) is 32.7 Å². The number of aromatic nitrogens is 2. The first-order chi connectivity index (χ1) is 18.4. The molecule has 1 atom stereocenters. The quantitative estimate of drug-likeness (QED) is 0.389. The molecule has 1 amide bonds. The zero-order chi connectivity index (χ0) is 27.1. The molecule has 1 saturated heterocycles. The van der Waals surface area contributed by atoms with Crippen LogP contribution in [0.3, 0.4) is 0 Å². The molecule has 1 unspecified atom stereocenters. The number of carbonyl (C=O) groups excluding carboxylic acids is 1. The summed E-state index contributed by atoms with van der Waals surface area (Å²) in [5.41, 5.74) is 10.6. The first-order valence-corrected chi connectivity index (χ1v) is 12.9. The van der Waals surface area contributed by atoms with E-state index in [9.17, 15) is 9.18 Å². The lowest BCUT2D eigenvalue weighted by atomic mass is 10.0. The number of ether oxygens (including phenoxy) is 2. The Kier molecular flexibility index (Phi) is 9.15. The predicted octanol–water partition coefficient (Wildman–Crippen LogP) is 4.16. The zero-order valence-electron chi connectivity index (χ0n) is 22.2. The van der Waals surface area contributed by atoms with Crippen LogP contribution in [0, 0.1) is 12.7 Å². The molecule has 0 aliphatic carbocycles. The smallest absolute Gasteiger partial charge is 0.247 e. The highest BCUT2D eigenvalue weighted by atomic mass is 19.1. The van der Waals surface area contributed by atoms with Crippen molar-refractivity contribution in [1.82, 2.24) is 14.9 Å². The maximum absolute atomic E-state index is 14.2. The predicted molar refractivity (Wildman–Crippen MR) is 147 cm³/mol. The standard InChI is InChI=1S/C29H36FN5O3/c1-20-18-35(19-32-20)26-9-6-22(16-28(26)37-3)15-23(5-4-10-31)29(36)33-21(2)25-8-7-24(30)17-27(25)34-11-13-38-14-12-34/h6-9,15-19,21H,4-5,10-14,31H2,1-3H3,(H,33,36)/b23-15+. The van der Waals surface area contributed by atoms with Gasteiger partial charge in [-0.3, -0.25) is 4.79 Å². The van der Waals surface area contributed by atoms with Gasteiger partial charge in [-0.15, -0.1) is 0 Å². The zero-order valence-corrected chi connectivity index (χ0v) is 22.2. The average Bonchev–Trinajstić information content (AvgIpc) is 3.37. The van der Waals surface area contributed by atoms with Gasteiger partial charge in [-0.2, -0.15) is 0 Å². The maximum atomic E-state index is 14.2. The Balaban J connectivity index is 1.58. The minimum atomic E-state index is -0.330. The van der Waals surface area contributed by atoms with E-state index in [1.165, 1.54) is 12.1 Å². The Morgan fingerprint density at radius 2 is 2.03 bits per heavy atom. The number of hydrogen-bond acceptors (Lipinski definition) is 6. The molecule has 8 nitrogen and oxygen atoms in total. The largest absolute Gasteiger partial charge is 0.495 e. The molecule has 1 aliphatic rings. The number of halogens is 1. The number of amides is 1. The van der Waals surface area contributed by atoms with E-state index in [0.717, 1.165) is 28.2 Å². The molecule has 4 rings (SSSR count). The van der Waals surface area contributed by atoms with Crippen LogP contribution < -0.4 is 20.7 Å². The van der Waals surface area contributed by atoms with E-state index in [1.54, 1.807) is 19.5 Å². The third-order valence-corrected chi connectivity index (χ3v) is 6.63. The van der Waals surface area contributed by atoms with Gasteiger partial charge in [0.2, 0.25) is 5.91 Å².